The molecule has 1 N–H and O–H groups in total. The van der Waals surface area contributed by atoms with Crippen molar-refractivity contribution in [3.63, 3.8) is 0 Å². The molecule has 0 saturated heterocycles. The van der Waals surface area contributed by atoms with Gasteiger partial charge in [-0.3, -0.25) is 4.79 Å². The van der Waals surface area contributed by atoms with Crippen molar-refractivity contribution >= 4 is 27.5 Å². The normalized spacial score (nSPS) is 12.5. The number of nitrogens with zero attached hydrogens (tertiary/aromatic N) is 1. The Kier molecular flexibility index (Phi) is 8.07. The highest BCUT2D eigenvalue weighted by Gasteiger charge is 2.27. The molecule has 3 aromatic rings. The van der Waals surface area contributed by atoms with Gasteiger partial charge in [0.1, 0.15) is 0 Å². The van der Waals surface area contributed by atoms with E-state index in [1.807, 2.05) is 56.3 Å². The molecule has 0 saturated carbocycles. The molecule has 0 aliphatic carbocycles. The van der Waals surface area contributed by atoms with E-state index in [1.165, 1.54) is 4.31 Å². The largest absolute Gasteiger partial charge is 0.348 e. The van der Waals surface area contributed by atoms with Gasteiger partial charge < -0.3 is 5.32 Å². The zero-order valence-corrected chi connectivity index (χ0v) is 19.7. The van der Waals surface area contributed by atoms with Gasteiger partial charge >= 0.3 is 0 Å². The van der Waals surface area contributed by atoms with E-state index in [0.29, 0.717) is 11.4 Å². The van der Waals surface area contributed by atoms with Gasteiger partial charge in [0.15, 0.2) is 0 Å². The quantitative estimate of drug-likeness (QED) is 0.490. The van der Waals surface area contributed by atoms with Crippen LogP contribution in [0.3, 0.4) is 0 Å². The number of carbonyl (C=O) groups excluding carboxylic acids is 1. The Morgan fingerprint density at radius 3 is 2.22 bits per heavy atom. The molecule has 0 unspecified atom stereocenters. The molecule has 32 heavy (non-hydrogen) atoms. The van der Waals surface area contributed by atoms with Gasteiger partial charge in [0, 0.05) is 11.6 Å². The van der Waals surface area contributed by atoms with Crippen molar-refractivity contribution in [1.29, 1.82) is 0 Å². The second-order valence-corrected chi connectivity index (χ2v) is 10.1. The van der Waals surface area contributed by atoms with E-state index < -0.39 is 10.0 Å². The second-order valence-electron chi connectivity index (χ2n) is 7.73. The summed E-state index contributed by atoms with van der Waals surface area (Å²) in [6, 6.07) is 23.2. The Hall–Kier alpha value is -2.67. The fourth-order valence-electron chi connectivity index (χ4n) is 3.32. The number of nitrogens with one attached hydrogen (secondary N) is 1. The Bertz CT molecular complexity index is 1130. The molecule has 3 aromatic carbocycles. The van der Waals surface area contributed by atoms with Gasteiger partial charge in [-0.05, 0) is 55.7 Å². The van der Waals surface area contributed by atoms with Crippen LogP contribution in [-0.4, -0.2) is 31.7 Å². The highest BCUT2D eigenvalue weighted by atomic mass is 35.5. The molecule has 5 nitrogen and oxygen atoms in total. The summed E-state index contributed by atoms with van der Waals surface area (Å²) in [7, 11) is -3.83. The fourth-order valence-corrected chi connectivity index (χ4v) is 4.85. The average Bonchev–Trinajstić information content (AvgIpc) is 2.78. The summed E-state index contributed by atoms with van der Waals surface area (Å²) in [4.78, 5) is 13.0. The Labute approximate surface area is 195 Å². The molecule has 0 bridgehead atoms. The number of amides is 1. The van der Waals surface area contributed by atoms with Crippen LogP contribution in [0.25, 0.3) is 0 Å². The maximum atomic E-state index is 13.3. The zero-order valence-electron chi connectivity index (χ0n) is 18.2. The molecule has 0 aliphatic heterocycles. The molecule has 0 aliphatic rings. The molecule has 0 heterocycles. The highest BCUT2D eigenvalue weighted by Crippen LogP contribution is 2.19. The minimum atomic E-state index is -3.83. The maximum Gasteiger partial charge on any atom is 0.243 e. The number of benzene rings is 3. The summed E-state index contributed by atoms with van der Waals surface area (Å²) in [6.07, 6.45) is 0.506. The van der Waals surface area contributed by atoms with Crippen molar-refractivity contribution in [2.24, 2.45) is 0 Å². The zero-order chi connectivity index (χ0) is 23.1. The van der Waals surface area contributed by atoms with Crippen LogP contribution in [0.2, 0.25) is 5.02 Å². The van der Waals surface area contributed by atoms with Crippen LogP contribution in [0.1, 0.15) is 29.7 Å². The maximum absolute atomic E-state index is 13.3. The Morgan fingerprint density at radius 1 is 0.969 bits per heavy atom. The van der Waals surface area contributed by atoms with Crippen molar-refractivity contribution < 1.29 is 13.2 Å². The first-order valence-electron chi connectivity index (χ1n) is 10.4. The minimum Gasteiger partial charge on any atom is -0.348 e. The van der Waals surface area contributed by atoms with E-state index in [2.05, 4.69) is 5.32 Å². The van der Waals surface area contributed by atoms with Gasteiger partial charge in [0.25, 0.3) is 0 Å². The van der Waals surface area contributed by atoms with Crippen LogP contribution < -0.4 is 5.32 Å². The lowest BCUT2D eigenvalue weighted by molar-refractivity contribution is -0.121. The minimum absolute atomic E-state index is 0.176. The number of aryl methyl sites for hydroxylation is 1. The SMILES string of the molecule is Cc1ccc(S(=O)(=O)N(CCc2ccccc2)CC(=O)N[C@H](C)c2ccc(Cl)cc2)cc1. The lowest BCUT2D eigenvalue weighted by atomic mass is 10.1. The third kappa shape index (κ3) is 6.42. The van der Waals surface area contributed by atoms with E-state index in [0.717, 1.165) is 16.7 Å². The number of sulfonamides is 1. The van der Waals surface area contributed by atoms with E-state index in [-0.39, 0.29) is 29.9 Å². The first-order chi connectivity index (χ1) is 15.3. The van der Waals surface area contributed by atoms with Crippen molar-refractivity contribution in [3.05, 3.63) is 101 Å². The third-order valence-corrected chi connectivity index (χ3v) is 7.33. The van der Waals surface area contributed by atoms with Crippen LogP contribution in [0.15, 0.2) is 83.8 Å². The molecule has 1 amide bonds. The number of hydrogen-bond acceptors (Lipinski definition) is 3. The van der Waals surface area contributed by atoms with Crippen LogP contribution in [0.5, 0.6) is 0 Å². The summed E-state index contributed by atoms with van der Waals surface area (Å²) in [5.74, 6) is -0.365. The molecular formula is C25H27ClN2O3S. The van der Waals surface area contributed by atoms with Crippen molar-refractivity contribution in [2.45, 2.75) is 31.2 Å². The topological polar surface area (TPSA) is 66.5 Å². The van der Waals surface area contributed by atoms with Crippen LogP contribution >= 0.6 is 11.6 Å². The summed E-state index contributed by atoms with van der Waals surface area (Å²) in [5.41, 5.74) is 2.86. The smallest absolute Gasteiger partial charge is 0.243 e. The molecular weight excluding hydrogens is 444 g/mol. The summed E-state index contributed by atoms with van der Waals surface area (Å²) >= 11 is 5.93. The van der Waals surface area contributed by atoms with Crippen LogP contribution in [0.4, 0.5) is 0 Å². The number of carbonyl (C=O) groups is 1. The molecule has 1 atom stereocenters. The second kappa shape index (κ2) is 10.8. The standard InChI is InChI=1S/C25H27ClN2O3S/c1-19-8-14-24(15-9-19)32(30,31)28(17-16-21-6-4-3-5-7-21)18-25(29)27-20(2)22-10-12-23(26)13-11-22/h3-15,20H,16-18H2,1-2H3,(H,27,29)/t20-/m1/s1. The van der Waals surface area contributed by atoms with Gasteiger partial charge in [-0.25, -0.2) is 8.42 Å². The predicted octanol–water partition coefficient (Wildman–Crippen LogP) is 4.76. The molecule has 168 valence electrons. The van der Waals surface area contributed by atoms with Crippen molar-refractivity contribution in [2.75, 3.05) is 13.1 Å². The van der Waals surface area contributed by atoms with Gasteiger partial charge in [0.2, 0.25) is 15.9 Å². The predicted molar refractivity (Wildman–Crippen MR) is 128 cm³/mol. The van der Waals surface area contributed by atoms with E-state index in [9.17, 15) is 13.2 Å². The molecule has 0 radical (unpaired) electrons. The fraction of sp³-hybridized carbons (Fsp3) is 0.240. The van der Waals surface area contributed by atoms with E-state index >= 15 is 0 Å². The first-order valence-corrected chi connectivity index (χ1v) is 12.2. The molecule has 0 aromatic heterocycles. The van der Waals surface area contributed by atoms with Gasteiger partial charge in [-0.2, -0.15) is 4.31 Å². The lowest BCUT2D eigenvalue weighted by Gasteiger charge is -2.23. The van der Waals surface area contributed by atoms with Gasteiger partial charge in [0.05, 0.1) is 17.5 Å². The molecule has 7 heteroatoms. The van der Waals surface area contributed by atoms with Gasteiger partial charge in [-0.1, -0.05) is 71.8 Å². The third-order valence-electron chi connectivity index (χ3n) is 5.22. The van der Waals surface area contributed by atoms with Crippen molar-refractivity contribution in [3.8, 4) is 0 Å². The monoisotopic (exact) mass is 470 g/mol. The Balaban J connectivity index is 1.77. The summed E-state index contributed by atoms with van der Waals surface area (Å²) in [5, 5.41) is 3.50. The van der Waals surface area contributed by atoms with E-state index in [4.69, 9.17) is 11.6 Å². The molecule has 0 fully saturated rings. The van der Waals surface area contributed by atoms with Crippen LogP contribution in [-0.2, 0) is 21.2 Å². The number of halogens is 1. The summed E-state index contributed by atoms with van der Waals surface area (Å²) < 4.78 is 27.9. The Morgan fingerprint density at radius 2 is 1.59 bits per heavy atom. The van der Waals surface area contributed by atoms with Crippen LogP contribution in [0, 0.1) is 6.92 Å². The molecule has 3 rings (SSSR count). The number of hydrogen-bond donors (Lipinski definition) is 1. The average molecular weight is 471 g/mol. The van der Waals surface area contributed by atoms with E-state index in [1.54, 1.807) is 36.4 Å². The first kappa shape index (κ1) is 24.0. The highest BCUT2D eigenvalue weighted by molar-refractivity contribution is 7.89. The lowest BCUT2D eigenvalue weighted by Crippen LogP contribution is -2.42. The van der Waals surface area contributed by atoms with Crippen molar-refractivity contribution in [1.82, 2.24) is 9.62 Å². The van der Waals surface area contributed by atoms with Gasteiger partial charge in [-0.15, -0.1) is 0 Å². The molecule has 0 spiro atoms. The summed E-state index contributed by atoms with van der Waals surface area (Å²) in [6.45, 7) is 3.68. The number of rotatable bonds is 9.